The van der Waals surface area contributed by atoms with Crippen molar-refractivity contribution in [2.75, 3.05) is 105 Å². The first kappa shape index (κ1) is 79.1. The molecule has 0 spiro atoms. The molecular weight excluding hydrogens is 1160 g/mol. The molecule has 15 atom stereocenters. The van der Waals surface area contributed by atoms with Crippen molar-refractivity contribution in [3.63, 3.8) is 0 Å². The van der Waals surface area contributed by atoms with E-state index in [-0.39, 0.29) is 114 Å². The Morgan fingerprint density at radius 1 is 0.398 bits per heavy atom. The number of ether oxygens (including phenoxy) is 9. The van der Waals surface area contributed by atoms with E-state index in [2.05, 4.69) is 21.3 Å². The number of aliphatic hydroxyl groups excluding tert-OH is 9. The van der Waals surface area contributed by atoms with E-state index in [9.17, 15) is 69.9 Å². The fraction of sp³-hybridized carbons (Fsp3) is 0.918. The minimum absolute atomic E-state index is 0.0125. The van der Waals surface area contributed by atoms with E-state index in [1.165, 1.54) is 0 Å². The lowest BCUT2D eigenvalue weighted by Gasteiger charge is -2.40. The van der Waals surface area contributed by atoms with Crippen molar-refractivity contribution in [1.82, 2.24) is 21.3 Å². The Labute approximate surface area is 520 Å². The van der Waals surface area contributed by atoms with Gasteiger partial charge in [-0.05, 0) is 44.9 Å². The first-order chi connectivity index (χ1) is 42.2. The Hall–Kier alpha value is -3.17. The van der Waals surface area contributed by atoms with Crippen molar-refractivity contribution in [1.29, 1.82) is 0 Å². The fourth-order valence-electron chi connectivity index (χ4n) is 10.2. The van der Waals surface area contributed by atoms with Crippen LogP contribution in [0.25, 0.3) is 0 Å². The largest absolute Gasteiger partial charge is 0.394 e. The van der Waals surface area contributed by atoms with Crippen molar-refractivity contribution in [2.24, 2.45) is 29.1 Å². The molecule has 0 radical (unpaired) electrons. The number of Topliss-reactive ketones (excluding diaryl/α,β-unsaturated/α-hetero) is 1. The summed E-state index contributed by atoms with van der Waals surface area (Å²) in [5.74, 6) is -2.52. The number of carbonyl (C=O) groups is 5. The Balaban J connectivity index is 1.50. The second-order valence-electron chi connectivity index (χ2n) is 24.3. The van der Waals surface area contributed by atoms with Crippen LogP contribution in [0.1, 0.15) is 150 Å². The number of ketones is 1. The molecule has 3 fully saturated rings. The zero-order valence-corrected chi connectivity index (χ0v) is 53.0. The summed E-state index contributed by atoms with van der Waals surface area (Å²) in [6.45, 7) is 9.77. The van der Waals surface area contributed by atoms with Crippen LogP contribution in [0, 0.1) is 29.1 Å². The molecule has 0 aromatic carbocycles. The number of amides is 4. The lowest BCUT2D eigenvalue weighted by atomic mass is 9.90. The summed E-state index contributed by atoms with van der Waals surface area (Å²) in [5, 5.41) is 101. The SMILES string of the molecule is CC(C)C(=O)CCCC(=O)NCC(COCCC(=O)NCCCCCCO[C@@H]1OC(CO)[C@H](O)[C@H](O)C1C)(COCCC(=O)NCCCCCCO[C@@H]1OC(CO)[C@H](O)[C@H](O)C1C)COCCC(=O)NCCCCCCO[C@@H]1OC(CO)[C@H](O)[C@H](O)C1C. The highest BCUT2D eigenvalue weighted by Crippen LogP contribution is 2.30. The number of carbonyl (C=O) groups excluding carboxylic acids is 5. The van der Waals surface area contributed by atoms with Gasteiger partial charge in [-0.25, -0.2) is 0 Å². The molecule has 3 saturated heterocycles. The van der Waals surface area contributed by atoms with Crippen LogP contribution in [0.2, 0.25) is 0 Å². The van der Waals surface area contributed by atoms with Gasteiger partial charge in [0.15, 0.2) is 18.9 Å². The van der Waals surface area contributed by atoms with Crippen LogP contribution in [-0.2, 0) is 66.6 Å². The molecule has 4 amide bonds. The number of unbranched alkanes of at least 4 members (excludes halogenated alkanes) is 9. The van der Waals surface area contributed by atoms with E-state index in [0.29, 0.717) is 84.4 Å². The van der Waals surface area contributed by atoms with Gasteiger partial charge in [-0.15, -0.1) is 0 Å². The smallest absolute Gasteiger partial charge is 0.222 e. The summed E-state index contributed by atoms with van der Waals surface area (Å²) >= 11 is 0. The van der Waals surface area contributed by atoms with E-state index in [1.54, 1.807) is 20.8 Å². The van der Waals surface area contributed by atoms with Gasteiger partial charge >= 0.3 is 0 Å². The Morgan fingerprint density at radius 3 is 1.01 bits per heavy atom. The summed E-state index contributed by atoms with van der Waals surface area (Å²) in [4.78, 5) is 64.3. The van der Waals surface area contributed by atoms with Crippen molar-refractivity contribution >= 4 is 29.4 Å². The quantitative estimate of drug-likeness (QED) is 0.0357. The number of aliphatic hydroxyl groups is 9. The van der Waals surface area contributed by atoms with Gasteiger partial charge in [-0.1, -0.05) is 73.1 Å². The van der Waals surface area contributed by atoms with Gasteiger partial charge in [0.05, 0.1) is 83.2 Å². The number of nitrogens with one attached hydrogen (secondary N) is 4. The Bertz CT molecular complexity index is 1730. The third kappa shape index (κ3) is 30.1. The van der Waals surface area contributed by atoms with Crippen LogP contribution in [0.15, 0.2) is 0 Å². The summed E-state index contributed by atoms with van der Waals surface area (Å²) in [5.41, 5.74) is -1.04. The Kier molecular flexibility index (Phi) is 40.6. The van der Waals surface area contributed by atoms with Crippen molar-refractivity contribution in [3.8, 4) is 0 Å². The van der Waals surface area contributed by atoms with Gasteiger partial charge in [-0.2, -0.15) is 0 Å². The highest BCUT2D eigenvalue weighted by molar-refractivity contribution is 5.81. The van der Waals surface area contributed by atoms with Gasteiger partial charge in [0.1, 0.15) is 42.4 Å². The monoisotopic (exact) mass is 1270 g/mol. The van der Waals surface area contributed by atoms with Crippen molar-refractivity contribution < 1.29 is 113 Å². The minimum Gasteiger partial charge on any atom is -0.394 e. The molecule has 0 aromatic rings. The highest BCUT2D eigenvalue weighted by atomic mass is 16.7. The van der Waals surface area contributed by atoms with Crippen LogP contribution < -0.4 is 21.3 Å². The molecule has 514 valence electrons. The molecule has 27 heteroatoms. The van der Waals surface area contributed by atoms with Gasteiger partial charge < -0.3 is 110 Å². The predicted octanol–water partition coefficient (Wildman–Crippen LogP) is 0.00940. The maximum absolute atomic E-state index is 13.2. The molecule has 3 heterocycles. The van der Waals surface area contributed by atoms with Gasteiger partial charge in [0.2, 0.25) is 23.6 Å². The maximum atomic E-state index is 13.2. The molecule has 3 aliphatic rings. The molecule has 13 N–H and O–H groups in total. The molecule has 0 saturated carbocycles. The number of rotatable bonds is 49. The minimum atomic E-state index is -1.20. The highest BCUT2D eigenvalue weighted by Gasteiger charge is 2.45. The third-order valence-corrected chi connectivity index (χ3v) is 16.4. The van der Waals surface area contributed by atoms with Crippen LogP contribution in [0.5, 0.6) is 0 Å². The van der Waals surface area contributed by atoms with Gasteiger partial charge in [0.25, 0.3) is 0 Å². The van der Waals surface area contributed by atoms with Crippen molar-refractivity contribution in [2.45, 2.75) is 224 Å². The molecule has 0 bridgehead atoms. The maximum Gasteiger partial charge on any atom is 0.222 e. The average Bonchev–Trinajstić information content (AvgIpc) is 3.33. The van der Waals surface area contributed by atoms with Crippen LogP contribution in [-0.4, -0.2) is 255 Å². The van der Waals surface area contributed by atoms with Gasteiger partial charge in [0, 0.05) is 102 Å². The summed E-state index contributed by atoms with van der Waals surface area (Å²) in [6.07, 6.45) is -2.00. The zero-order chi connectivity index (χ0) is 64.9. The third-order valence-electron chi connectivity index (χ3n) is 16.4. The number of hydrogen-bond donors (Lipinski definition) is 13. The molecule has 6 unspecified atom stereocenters. The standard InChI is InChI=1S/C61H112N4O23/c1-40(2)44(69)19-18-20-48(70)65-36-61(37-80-30-21-49(71)62-24-12-6-9-15-27-83-58-41(3)52(74)55(77)45(33-66)86-58,38-81-31-22-50(72)63-25-13-7-10-16-28-84-59-42(4)53(75)56(78)46(34-67)87-59)39-82-32-23-51(73)64-26-14-8-11-17-29-85-60-43(5)54(76)57(79)47(35-68)88-60/h40-43,45-47,52-60,66-68,74-79H,6-39H2,1-5H3,(H,62,71)(H,63,72)(H,64,73)(H,65,70)/t41?,42?,43?,45?,46?,47?,52-,53-,54-,55+,56+,57+,58-,59-,60-,61?/m1/s1. The lowest BCUT2D eigenvalue weighted by molar-refractivity contribution is -0.282. The summed E-state index contributed by atoms with van der Waals surface area (Å²) in [6, 6.07) is 0. The second kappa shape index (κ2) is 45.2. The molecule has 3 rings (SSSR count). The van der Waals surface area contributed by atoms with E-state index in [0.717, 1.165) is 38.5 Å². The first-order valence-electron chi connectivity index (χ1n) is 32.2. The second-order valence-corrected chi connectivity index (χ2v) is 24.3. The molecular formula is C61H112N4O23. The van der Waals surface area contributed by atoms with Crippen LogP contribution in [0.4, 0.5) is 0 Å². The van der Waals surface area contributed by atoms with E-state index < -0.39 is 117 Å². The first-order valence-corrected chi connectivity index (χ1v) is 32.2. The van der Waals surface area contributed by atoms with Crippen LogP contribution >= 0.6 is 0 Å². The normalized spacial score (nSPS) is 28.1. The molecule has 3 aliphatic heterocycles. The fourth-order valence-corrected chi connectivity index (χ4v) is 10.2. The van der Waals surface area contributed by atoms with Crippen LogP contribution in [0.3, 0.4) is 0 Å². The predicted molar refractivity (Wildman–Crippen MR) is 319 cm³/mol. The molecule has 0 aliphatic carbocycles. The van der Waals surface area contributed by atoms with E-state index >= 15 is 0 Å². The van der Waals surface area contributed by atoms with E-state index in [4.69, 9.17) is 42.6 Å². The molecule has 27 nitrogen and oxygen atoms in total. The zero-order valence-electron chi connectivity index (χ0n) is 53.0. The summed E-state index contributed by atoms with van der Waals surface area (Å²) < 4.78 is 52.6. The lowest BCUT2D eigenvalue weighted by Crippen LogP contribution is -2.55. The summed E-state index contributed by atoms with van der Waals surface area (Å²) in [7, 11) is 0. The molecule has 88 heavy (non-hydrogen) atoms. The van der Waals surface area contributed by atoms with Gasteiger partial charge in [-0.3, -0.25) is 24.0 Å². The molecule has 0 aromatic heterocycles. The average molecular weight is 1270 g/mol. The van der Waals surface area contributed by atoms with E-state index in [1.807, 2.05) is 13.8 Å². The Morgan fingerprint density at radius 2 is 0.705 bits per heavy atom. The number of hydrogen-bond acceptors (Lipinski definition) is 23. The topological polar surface area (TPSA) is 399 Å². The van der Waals surface area contributed by atoms with Crippen molar-refractivity contribution in [3.05, 3.63) is 0 Å².